The molecule has 0 spiro atoms. The minimum absolute atomic E-state index is 0.189. The van der Waals surface area contributed by atoms with Crippen molar-refractivity contribution in [2.24, 2.45) is 0 Å². The van der Waals surface area contributed by atoms with E-state index in [-0.39, 0.29) is 18.7 Å². The topological polar surface area (TPSA) is 76.3 Å². The molecule has 0 aromatic rings. The molecule has 4 nitrogen and oxygen atoms in total. The van der Waals surface area contributed by atoms with Gasteiger partial charge in [0.25, 0.3) is 0 Å². The Labute approximate surface area is 89.3 Å². The lowest BCUT2D eigenvalue weighted by molar-refractivity contribution is 0.113. The molecule has 0 bridgehead atoms. The number of nitrogens with one attached hydrogen (secondary N) is 1. The number of nitriles is 1. The molecule has 0 aromatic carbocycles. The first-order valence-corrected chi connectivity index (χ1v) is 5.78. The predicted octanol–water partition coefficient (Wildman–Crippen LogP) is -0.0370. The Kier molecular flexibility index (Phi) is 7.90. The van der Waals surface area contributed by atoms with E-state index >= 15 is 0 Å². The lowest BCUT2D eigenvalue weighted by Gasteiger charge is -2.14. The molecule has 5 heteroatoms. The molecule has 3 N–H and O–H groups in total. The van der Waals surface area contributed by atoms with Crippen molar-refractivity contribution >= 4 is 11.8 Å². The molecule has 82 valence electrons. The summed E-state index contributed by atoms with van der Waals surface area (Å²) in [6, 6.07) is 2.24. The number of rotatable bonds is 7. The quantitative estimate of drug-likeness (QED) is 0.559. The summed E-state index contributed by atoms with van der Waals surface area (Å²) in [5.41, 5.74) is 0. The van der Waals surface area contributed by atoms with Crippen LogP contribution in [-0.4, -0.2) is 46.5 Å². The van der Waals surface area contributed by atoms with Gasteiger partial charge in [0.1, 0.15) is 6.04 Å². The summed E-state index contributed by atoms with van der Waals surface area (Å²) < 4.78 is 0. The molecule has 0 radical (unpaired) electrons. The highest BCUT2D eigenvalue weighted by molar-refractivity contribution is 7.99. The van der Waals surface area contributed by atoms with Crippen LogP contribution in [0.25, 0.3) is 0 Å². The molecule has 0 fully saturated rings. The molecule has 2 unspecified atom stereocenters. The van der Waals surface area contributed by atoms with Crippen LogP contribution in [0, 0.1) is 11.3 Å². The second-order valence-corrected chi connectivity index (χ2v) is 4.45. The molecule has 0 aromatic heterocycles. The fraction of sp³-hybridized carbons (Fsp3) is 0.889. The molecule has 0 saturated heterocycles. The Balaban J connectivity index is 3.59. The number of hydrogen-bond acceptors (Lipinski definition) is 5. The van der Waals surface area contributed by atoms with Crippen LogP contribution in [0.4, 0.5) is 0 Å². The molecule has 0 heterocycles. The summed E-state index contributed by atoms with van der Waals surface area (Å²) >= 11 is 1.47. The van der Waals surface area contributed by atoms with Crippen LogP contribution in [0.15, 0.2) is 0 Å². The van der Waals surface area contributed by atoms with E-state index in [1.54, 1.807) is 0 Å². The van der Waals surface area contributed by atoms with Crippen LogP contribution >= 0.6 is 11.8 Å². The summed E-state index contributed by atoms with van der Waals surface area (Å²) in [7, 11) is 0. The summed E-state index contributed by atoms with van der Waals surface area (Å²) in [5.74, 6) is 1.10. The molecular formula is C9H18N2O2S. The van der Waals surface area contributed by atoms with Gasteiger partial charge < -0.3 is 10.2 Å². The van der Waals surface area contributed by atoms with Crippen LogP contribution in [-0.2, 0) is 0 Å². The molecule has 0 rings (SSSR count). The van der Waals surface area contributed by atoms with Crippen molar-refractivity contribution in [1.29, 1.82) is 5.26 Å². The number of hydrogen-bond donors (Lipinski definition) is 3. The van der Waals surface area contributed by atoms with Gasteiger partial charge in [-0.3, -0.25) is 5.32 Å². The standard InChI is InChI=1S/C9H18N2O2S/c1-7(2)11-8(3-10)5-14-6-9(13)4-12/h7-9,11-13H,4-6H2,1-2H3. The minimum atomic E-state index is -0.682. The number of aliphatic hydroxyl groups is 2. The molecular weight excluding hydrogens is 200 g/mol. The highest BCUT2D eigenvalue weighted by Gasteiger charge is 2.09. The van der Waals surface area contributed by atoms with Gasteiger partial charge in [0.05, 0.1) is 18.8 Å². The Morgan fingerprint density at radius 2 is 2.07 bits per heavy atom. The van der Waals surface area contributed by atoms with Crippen molar-refractivity contribution in [2.45, 2.75) is 32.0 Å². The van der Waals surface area contributed by atoms with Gasteiger partial charge in [-0.1, -0.05) is 0 Å². The zero-order valence-corrected chi connectivity index (χ0v) is 9.42. The van der Waals surface area contributed by atoms with E-state index in [1.807, 2.05) is 13.8 Å². The third kappa shape index (κ3) is 7.15. The van der Waals surface area contributed by atoms with Crippen molar-refractivity contribution in [3.05, 3.63) is 0 Å². The van der Waals surface area contributed by atoms with Gasteiger partial charge in [0.2, 0.25) is 0 Å². The molecule has 0 aliphatic carbocycles. The van der Waals surface area contributed by atoms with Crippen LogP contribution < -0.4 is 5.32 Å². The van der Waals surface area contributed by atoms with Gasteiger partial charge in [-0.2, -0.15) is 17.0 Å². The first-order chi connectivity index (χ1) is 6.60. The Hall–Kier alpha value is -0.280. The zero-order valence-electron chi connectivity index (χ0n) is 8.60. The van der Waals surface area contributed by atoms with E-state index in [9.17, 15) is 0 Å². The van der Waals surface area contributed by atoms with Gasteiger partial charge in [-0.15, -0.1) is 0 Å². The van der Waals surface area contributed by atoms with E-state index in [0.29, 0.717) is 11.5 Å². The number of aliphatic hydroxyl groups excluding tert-OH is 2. The minimum Gasteiger partial charge on any atom is -0.394 e. The second kappa shape index (κ2) is 8.06. The fourth-order valence-corrected chi connectivity index (χ4v) is 1.82. The highest BCUT2D eigenvalue weighted by atomic mass is 32.2. The average Bonchev–Trinajstić information content (AvgIpc) is 2.15. The highest BCUT2D eigenvalue weighted by Crippen LogP contribution is 2.05. The molecule has 0 aliphatic heterocycles. The predicted molar refractivity (Wildman–Crippen MR) is 58.1 cm³/mol. The van der Waals surface area contributed by atoms with Gasteiger partial charge in [0.15, 0.2) is 0 Å². The molecule has 2 atom stereocenters. The lowest BCUT2D eigenvalue weighted by atomic mass is 10.3. The third-order valence-corrected chi connectivity index (χ3v) is 2.69. The largest absolute Gasteiger partial charge is 0.394 e. The van der Waals surface area contributed by atoms with E-state index in [0.717, 1.165) is 0 Å². The number of thioether (sulfide) groups is 1. The van der Waals surface area contributed by atoms with Gasteiger partial charge in [0, 0.05) is 17.5 Å². The van der Waals surface area contributed by atoms with Crippen molar-refractivity contribution < 1.29 is 10.2 Å². The number of nitrogens with zero attached hydrogens (tertiary/aromatic N) is 1. The van der Waals surface area contributed by atoms with Crippen LogP contribution in [0.3, 0.4) is 0 Å². The maximum absolute atomic E-state index is 9.05. The Bertz CT molecular complexity index is 182. The van der Waals surface area contributed by atoms with Crippen molar-refractivity contribution in [2.75, 3.05) is 18.1 Å². The summed E-state index contributed by atoms with van der Waals surface area (Å²) in [4.78, 5) is 0. The van der Waals surface area contributed by atoms with E-state index in [2.05, 4.69) is 11.4 Å². The van der Waals surface area contributed by atoms with E-state index < -0.39 is 6.10 Å². The lowest BCUT2D eigenvalue weighted by Crippen LogP contribution is -2.35. The first kappa shape index (κ1) is 13.7. The molecule has 0 saturated carbocycles. The zero-order chi connectivity index (χ0) is 11.0. The van der Waals surface area contributed by atoms with Crippen LogP contribution in [0.1, 0.15) is 13.8 Å². The summed E-state index contributed by atoms with van der Waals surface area (Å²) in [6.45, 7) is 3.75. The average molecular weight is 218 g/mol. The van der Waals surface area contributed by atoms with E-state index in [4.69, 9.17) is 15.5 Å². The van der Waals surface area contributed by atoms with Crippen molar-refractivity contribution in [3.8, 4) is 6.07 Å². The van der Waals surface area contributed by atoms with E-state index in [1.165, 1.54) is 11.8 Å². The van der Waals surface area contributed by atoms with Crippen LogP contribution in [0.2, 0.25) is 0 Å². The van der Waals surface area contributed by atoms with Crippen molar-refractivity contribution in [3.63, 3.8) is 0 Å². The van der Waals surface area contributed by atoms with Crippen LogP contribution in [0.5, 0.6) is 0 Å². The maximum Gasteiger partial charge on any atom is 0.105 e. The maximum atomic E-state index is 9.05. The Morgan fingerprint density at radius 3 is 2.50 bits per heavy atom. The first-order valence-electron chi connectivity index (χ1n) is 4.62. The monoisotopic (exact) mass is 218 g/mol. The summed E-state index contributed by atoms with van der Waals surface area (Å²) in [6.07, 6.45) is -0.682. The third-order valence-electron chi connectivity index (χ3n) is 1.50. The normalized spacial score (nSPS) is 15.1. The SMILES string of the molecule is CC(C)NC(C#N)CSCC(O)CO. The molecule has 0 amide bonds. The molecule has 14 heavy (non-hydrogen) atoms. The Morgan fingerprint density at radius 1 is 1.43 bits per heavy atom. The van der Waals surface area contributed by atoms with Gasteiger partial charge in [-0.25, -0.2) is 0 Å². The fourth-order valence-electron chi connectivity index (χ4n) is 0.900. The van der Waals surface area contributed by atoms with Gasteiger partial charge >= 0.3 is 0 Å². The summed E-state index contributed by atoms with van der Waals surface area (Å²) in [5, 5.41) is 29.5. The van der Waals surface area contributed by atoms with Crippen molar-refractivity contribution in [1.82, 2.24) is 5.32 Å². The second-order valence-electron chi connectivity index (χ2n) is 3.38. The smallest absolute Gasteiger partial charge is 0.105 e. The van der Waals surface area contributed by atoms with Gasteiger partial charge in [-0.05, 0) is 13.8 Å². The molecule has 0 aliphatic rings.